The zero-order valence-electron chi connectivity index (χ0n) is 17.8. The smallest absolute Gasteiger partial charge is 0.321 e. The summed E-state index contributed by atoms with van der Waals surface area (Å²) in [6.07, 6.45) is 0.642. The van der Waals surface area contributed by atoms with Gasteiger partial charge in [0.15, 0.2) is 5.82 Å². The third-order valence-corrected chi connectivity index (χ3v) is 5.44. The summed E-state index contributed by atoms with van der Waals surface area (Å²) in [6, 6.07) is 9.24. The van der Waals surface area contributed by atoms with E-state index in [1.165, 1.54) is 0 Å². The Kier molecular flexibility index (Phi) is 7.53. The van der Waals surface area contributed by atoms with Crippen LogP contribution in [-0.2, 0) is 11.2 Å². The molecule has 0 radical (unpaired) electrons. The second-order valence-electron chi connectivity index (χ2n) is 7.48. The van der Waals surface area contributed by atoms with Gasteiger partial charge in [-0.15, -0.1) is 0 Å². The van der Waals surface area contributed by atoms with Gasteiger partial charge in [-0.05, 0) is 26.3 Å². The molecule has 30 heavy (non-hydrogen) atoms. The van der Waals surface area contributed by atoms with Gasteiger partial charge in [0.1, 0.15) is 0 Å². The molecule has 0 saturated carbocycles. The summed E-state index contributed by atoms with van der Waals surface area (Å²) >= 11 is 0. The number of carbonyl (C=O) groups excluding carboxylic acids is 2. The SMILES string of the molecule is CCNC(=O)NC(=O)[C@@H](C)N1CCN([C@@H](C)c2nc(Cc3ccccc3)no2)CC1. The number of rotatable bonds is 7. The largest absolute Gasteiger partial charge is 0.338 e. The Morgan fingerprint density at radius 2 is 1.77 bits per heavy atom. The van der Waals surface area contributed by atoms with Crippen LogP contribution in [0.1, 0.15) is 44.1 Å². The van der Waals surface area contributed by atoms with Crippen LogP contribution >= 0.6 is 0 Å². The molecule has 1 aromatic carbocycles. The maximum atomic E-state index is 12.3. The summed E-state index contributed by atoms with van der Waals surface area (Å²) in [5, 5.41) is 9.08. The minimum Gasteiger partial charge on any atom is -0.338 e. The van der Waals surface area contributed by atoms with Crippen LogP contribution < -0.4 is 10.6 Å². The van der Waals surface area contributed by atoms with Gasteiger partial charge in [0.2, 0.25) is 11.8 Å². The summed E-state index contributed by atoms with van der Waals surface area (Å²) in [6.45, 7) is 9.16. The lowest BCUT2D eigenvalue weighted by Crippen LogP contribution is -2.55. The number of benzene rings is 1. The summed E-state index contributed by atoms with van der Waals surface area (Å²) < 4.78 is 5.51. The molecule has 2 heterocycles. The highest BCUT2D eigenvalue weighted by Crippen LogP contribution is 2.21. The maximum Gasteiger partial charge on any atom is 0.321 e. The molecule has 2 atom stereocenters. The van der Waals surface area contributed by atoms with Crippen LogP contribution in [0.3, 0.4) is 0 Å². The molecule has 9 heteroatoms. The lowest BCUT2D eigenvalue weighted by molar-refractivity contribution is -0.125. The van der Waals surface area contributed by atoms with E-state index in [0.29, 0.717) is 24.7 Å². The predicted molar refractivity (Wildman–Crippen MR) is 112 cm³/mol. The number of hydrogen-bond acceptors (Lipinski definition) is 7. The number of piperazine rings is 1. The van der Waals surface area contributed by atoms with Crippen molar-refractivity contribution >= 4 is 11.9 Å². The zero-order chi connectivity index (χ0) is 21.5. The molecule has 2 aromatic rings. The van der Waals surface area contributed by atoms with Crippen molar-refractivity contribution in [1.82, 2.24) is 30.6 Å². The molecule has 162 valence electrons. The van der Waals surface area contributed by atoms with Gasteiger partial charge in [0.25, 0.3) is 0 Å². The first-order valence-corrected chi connectivity index (χ1v) is 10.4. The molecule has 0 aliphatic carbocycles. The van der Waals surface area contributed by atoms with Crippen LogP contribution in [0.4, 0.5) is 4.79 Å². The predicted octanol–water partition coefficient (Wildman–Crippen LogP) is 1.57. The molecule has 1 fully saturated rings. The molecule has 1 aliphatic rings. The van der Waals surface area contributed by atoms with Gasteiger partial charge in [-0.1, -0.05) is 35.5 Å². The number of aromatic nitrogens is 2. The number of nitrogens with one attached hydrogen (secondary N) is 2. The van der Waals surface area contributed by atoms with Crippen LogP contribution in [0.25, 0.3) is 0 Å². The third kappa shape index (κ3) is 5.64. The number of amides is 3. The van der Waals surface area contributed by atoms with E-state index in [-0.39, 0.29) is 18.0 Å². The van der Waals surface area contributed by atoms with E-state index < -0.39 is 6.03 Å². The summed E-state index contributed by atoms with van der Waals surface area (Å²) in [5.41, 5.74) is 1.14. The highest BCUT2D eigenvalue weighted by molar-refractivity contribution is 5.96. The first-order chi connectivity index (χ1) is 14.5. The Morgan fingerprint density at radius 3 is 2.43 bits per heavy atom. The van der Waals surface area contributed by atoms with Crippen LogP contribution in [0.2, 0.25) is 0 Å². The monoisotopic (exact) mass is 414 g/mol. The van der Waals surface area contributed by atoms with Crippen molar-refractivity contribution in [2.24, 2.45) is 0 Å². The van der Waals surface area contributed by atoms with E-state index in [1.807, 2.05) is 44.2 Å². The molecule has 0 unspecified atom stereocenters. The van der Waals surface area contributed by atoms with Crippen LogP contribution in [0.5, 0.6) is 0 Å². The molecule has 0 bridgehead atoms. The first kappa shape index (κ1) is 21.9. The van der Waals surface area contributed by atoms with Gasteiger partial charge in [-0.2, -0.15) is 4.98 Å². The van der Waals surface area contributed by atoms with E-state index >= 15 is 0 Å². The van der Waals surface area contributed by atoms with E-state index in [4.69, 9.17) is 4.52 Å². The maximum absolute atomic E-state index is 12.3. The van der Waals surface area contributed by atoms with E-state index in [0.717, 1.165) is 31.7 Å². The van der Waals surface area contributed by atoms with Crippen molar-refractivity contribution in [3.05, 3.63) is 47.6 Å². The van der Waals surface area contributed by atoms with E-state index in [1.54, 1.807) is 0 Å². The Labute approximate surface area is 176 Å². The molecule has 3 rings (SSSR count). The molecule has 2 N–H and O–H groups in total. The Morgan fingerprint density at radius 1 is 1.10 bits per heavy atom. The Bertz CT molecular complexity index is 832. The number of imide groups is 1. The standard InChI is InChI=1S/C21H30N6O3/c1-4-22-21(29)24-19(28)15(2)26-10-12-27(13-11-26)16(3)20-23-18(25-30-20)14-17-8-6-5-7-9-17/h5-9,15-16H,4,10-14H2,1-3H3,(H2,22,24,28,29)/t15-,16+/m1/s1. The number of carbonyl (C=O) groups is 2. The Hall–Kier alpha value is -2.78. The van der Waals surface area contributed by atoms with E-state index in [2.05, 4.69) is 37.5 Å². The topological polar surface area (TPSA) is 104 Å². The molecular weight excluding hydrogens is 384 g/mol. The molecular formula is C21H30N6O3. The minimum atomic E-state index is -0.454. The molecule has 1 aliphatic heterocycles. The quantitative estimate of drug-likeness (QED) is 0.709. The van der Waals surface area contributed by atoms with Gasteiger partial charge in [-0.25, -0.2) is 4.79 Å². The lowest BCUT2D eigenvalue weighted by Gasteiger charge is -2.38. The summed E-state index contributed by atoms with van der Waals surface area (Å²) in [7, 11) is 0. The van der Waals surface area contributed by atoms with Crippen LogP contribution in [0, 0.1) is 0 Å². The van der Waals surface area contributed by atoms with Crippen molar-refractivity contribution in [1.29, 1.82) is 0 Å². The second kappa shape index (κ2) is 10.3. The number of hydrogen-bond donors (Lipinski definition) is 2. The second-order valence-corrected chi connectivity index (χ2v) is 7.48. The fourth-order valence-corrected chi connectivity index (χ4v) is 3.54. The molecule has 9 nitrogen and oxygen atoms in total. The van der Waals surface area contributed by atoms with Crippen LogP contribution in [-0.4, -0.2) is 70.6 Å². The van der Waals surface area contributed by atoms with Gasteiger partial charge in [-0.3, -0.25) is 19.9 Å². The Balaban J connectivity index is 1.50. The van der Waals surface area contributed by atoms with Crippen molar-refractivity contribution in [2.45, 2.75) is 39.3 Å². The van der Waals surface area contributed by atoms with Crippen molar-refractivity contribution in [3.8, 4) is 0 Å². The van der Waals surface area contributed by atoms with Gasteiger partial charge in [0.05, 0.1) is 12.1 Å². The zero-order valence-corrected chi connectivity index (χ0v) is 17.8. The van der Waals surface area contributed by atoms with Crippen LogP contribution in [0.15, 0.2) is 34.9 Å². The van der Waals surface area contributed by atoms with Crippen molar-refractivity contribution in [2.75, 3.05) is 32.7 Å². The highest BCUT2D eigenvalue weighted by atomic mass is 16.5. The number of nitrogens with zero attached hydrogens (tertiary/aromatic N) is 4. The minimum absolute atomic E-state index is 0.00337. The first-order valence-electron chi connectivity index (χ1n) is 10.4. The summed E-state index contributed by atoms with van der Waals surface area (Å²) in [4.78, 5) is 32.7. The molecule has 1 aromatic heterocycles. The van der Waals surface area contributed by atoms with Crippen molar-refractivity contribution < 1.29 is 14.1 Å². The average molecular weight is 415 g/mol. The average Bonchev–Trinajstić information content (AvgIpc) is 3.22. The molecule has 3 amide bonds. The van der Waals surface area contributed by atoms with Gasteiger partial charge >= 0.3 is 6.03 Å². The lowest BCUT2D eigenvalue weighted by atomic mass is 10.1. The fraction of sp³-hybridized carbons (Fsp3) is 0.524. The van der Waals surface area contributed by atoms with Crippen molar-refractivity contribution in [3.63, 3.8) is 0 Å². The molecule has 1 saturated heterocycles. The van der Waals surface area contributed by atoms with Gasteiger partial charge < -0.3 is 9.84 Å². The number of urea groups is 1. The third-order valence-electron chi connectivity index (χ3n) is 5.44. The highest BCUT2D eigenvalue weighted by Gasteiger charge is 2.30. The summed E-state index contributed by atoms with van der Waals surface area (Å²) in [5.74, 6) is 0.999. The normalized spacial score (nSPS) is 17.3. The van der Waals surface area contributed by atoms with E-state index in [9.17, 15) is 9.59 Å². The van der Waals surface area contributed by atoms with Gasteiger partial charge in [0, 0.05) is 39.1 Å². The molecule has 0 spiro atoms. The fourth-order valence-electron chi connectivity index (χ4n) is 3.54.